The molecule has 0 aliphatic carbocycles. The summed E-state index contributed by atoms with van der Waals surface area (Å²) in [7, 11) is 0. The molecule has 0 saturated heterocycles. The Morgan fingerprint density at radius 2 is 1.97 bits per heavy atom. The predicted molar refractivity (Wildman–Crippen MR) is 115 cm³/mol. The zero-order valence-electron chi connectivity index (χ0n) is 16.5. The largest absolute Gasteiger partial charge is 0.326 e. The van der Waals surface area contributed by atoms with Gasteiger partial charge in [0.15, 0.2) is 0 Å². The number of fused-ring (bicyclic) bond motifs is 1. The number of nitrogens with zero attached hydrogens (tertiary/aromatic N) is 3. The van der Waals surface area contributed by atoms with Crippen LogP contribution in [0.1, 0.15) is 53.8 Å². The van der Waals surface area contributed by atoms with Crippen LogP contribution in [0.2, 0.25) is 5.02 Å². The number of nitro benzene ring substituents is 1. The summed E-state index contributed by atoms with van der Waals surface area (Å²) in [6.45, 7) is 2.68. The zero-order chi connectivity index (χ0) is 21.3. The molecule has 1 aliphatic heterocycles. The number of non-ortho nitro benzene ring substituents is 1. The van der Waals surface area contributed by atoms with Crippen LogP contribution in [0.3, 0.4) is 0 Å². The third-order valence-corrected chi connectivity index (χ3v) is 5.63. The molecule has 2 heterocycles. The van der Waals surface area contributed by atoms with Gasteiger partial charge in [-0.15, -0.1) is 0 Å². The highest BCUT2D eigenvalue weighted by Crippen LogP contribution is 2.43. The summed E-state index contributed by atoms with van der Waals surface area (Å²) in [6.07, 6.45) is 2.90. The molecule has 1 atom stereocenters. The second-order valence-corrected chi connectivity index (χ2v) is 7.76. The first-order valence-electron chi connectivity index (χ1n) is 9.90. The molecule has 0 radical (unpaired) electrons. The maximum absolute atomic E-state index is 13.2. The Labute approximate surface area is 178 Å². The Morgan fingerprint density at radius 3 is 2.67 bits per heavy atom. The molecule has 0 fully saturated rings. The molecule has 1 amide bonds. The smallest absolute Gasteiger partial charge is 0.273 e. The molecule has 0 saturated carbocycles. The molecule has 0 bridgehead atoms. The lowest BCUT2D eigenvalue weighted by Crippen LogP contribution is -2.30. The summed E-state index contributed by atoms with van der Waals surface area (Å²) in [5, 5.41) is 19.2. The minimum absolute atomic E-state index is 0.00144. The molecule has 7 nitrogen and oxygen atoms in total. The SMILES string of the molecule is CCCCCN1C(=O)c2[nH]nc(-c3ccc(Cl)cc3)c2C1c1cccc([N+](=O)[O-])c1. The van der Waals surface area contributed by atoms with E-state index in [1.54, 1.807) is 29.2 Å². The number of hydrogen-bond donors (Lipinski definition) is 1. The van der Waals surface area contributed by atoms with Crippen LogP contribution in [0.25, 0.3) is 11.3 Å². The van der Waals surface area contributed by atoms with E-state index in [4.69, 9.17) is 11.6 Å². The molecule has 1 unspecified atom stereocenters. The summed E-state index contributed by atoms with van der Waals surface area (Å²) in [4.78, 5) is 25.9. The van der Waals surface area contributed by atoms with Gasteiger partial charge in [-0.05, 0) is 24.1 Å². The number of nitro groups is 1. The fraction of sp³-hybridized carbons (Fsp3) is 0.273. The van der Waals surface area contributed by atoms with Gasteiger partial charge in [0.25, 0.3) is 11.6 Å². The first kappa shape index (κ1) is 20.1. The van der Waals surface area contributed by atoms with Crippen LogP contribution in [-0.2, 0) is 0 Å². The highest BCUT2D eigenvalue weighted by Gasteiger charge is 2.42. The topological polar surface area (TPSA) is 92.1 Å². The lowest BCUT2D eigenvalue weighted by molar-refractivity contribution is -0.384. The Bertz CT molecular complexity index is 1090. The quantitative estimate of drug-likeness (QED) is 0.313. The van der Waals surface area contributed by atoms with Gasteiger partial charge < -0.3 is 4.90 Å². The highest BCUT2D eigenvalue weighted by molar-refractivity contribution is 6.30. The summed E-state index contributed by atoms with van der Waals surface area (Å²) < 4.78 is 0. The van der Waals surface area contributed by atoms with Gasteiger partial charge in [-0.2, -0.15) is 5.10 Å². The van der Waals surface area contributed by atoms with Crippen molar-refractivity contribution in [3.05, 3.63) is 80.5 Å². The molecule has 8 heteroatoms. The fourth-order valence-electron chi connectivity index (χ4n) is 3.94. The van der Waals surface area contributed by atoms with Crippen molar-refractivity contribution in [2.45, 2.75) is 32.2 Å². The molecule has 1 aliphatic rings. The fourth-order valence-corrected chi connectivity index (χ4v) is 4.07. The Morgan fingerprint density at radius 1 is 1.20 bits per heavy atom. The number of unbranched alkanes of at least 4 members (excludes halogenated alkanes) is 2. The van der Waals surface area contributed by atoms with Crippen LogP contribution in [-0.4, -0.2) is 32.5 Å². The summed E-state index contributed by atoms with van der Waals surface area (Å²) >= 11 is 6.02. The van der Waals surface area contributed by atoms with E-state index in [1.807, 2.05) is 18.2 Å². The summed E-state index contributed by atoms with van der Waals surface area (Å²) in [5.41, 5.74) is 3.37. The summed E-state index contributed by atoms with van der Waals surface area (Å²) in [6, 6.07) is 13.3. The third kappa shape index (κ3) is 3.57. The third-order valence-electron chi connectivity index (χ3n) is 5.38. The first-order chi connectivity index (χ1) is 14.5. The van der Waals surface area contributed by atoms with E-state index in [9.17, 15) is 14.9 Å². The number of carbonyl (C=O) groups excluding carboxylic acids is 1. The maximum atomic E-state index is 13.2. The molecule has 0 spiro atoms. The number of halogens is 1. The summed E-state index contributed by atoms with van der Waals surface area (Å²) in [5.74, 6) is -0.134. The Balaban J connectivity index is 1.83. The van der Waals surface area contributed by atoms with Gasteiger partial charge in [0.05, 0.1) is 16.7 Å². The van der Waals surface area contributed by atoms with Gasteiger partial charge in [-0.25, -0.2) is 0 Å². The highest BCUT2D eigenvalue weighted by atomic mass is 35.5. The van der Waals surface area contributed by atoms with Crippen molar-refractivity contribution in [2.24, 2.45) is 0 Å². The van der Waals surface area contributed by atoms with E-state index < -0.39 is 11.0 Å². The average molecular weight is 425 g/mol. The number of nitrogens with one attached hydrogen (secondary N) is 1. The molecule has 3 aromatic rings. The molecular weight excluding hydrogens is 404 g/mol. The van der Waals surface area contributed by atoms with Crippen LogP contribution in [0, 0.1) is 10.1 Å². The molecule has 2 aromatic carbocycles. The maximum Gasteiger partial charge on any atom is 0.273 e. The van der Waals surface area contributed by atoms with Crippen molar-refractivity contribution in [1.82, 2.24) is 15.1 Å². The number of carbonyl (C=O) groups is 1. The first-order valence-corrected chi connectivity index (χ1v) is 10.3. The van der Waals surface area contributed by atoms with Crippen LogP contribution in [0.4, 0.5) is 5.69 Å². The predicted octanol–water partition coefficient (Wildman–Crippen LogP) is 5.37. The van der Waals surface area contributed by atoms with Crippen molar-refractivity contribution in [2.75, 3.05) is 6.54 Å². The second kappa shape index (κ2) is 8.28. The normalized spacial score (nSPS) is 15.5. The molecule has 1 aromatic heterocycles. The van der Waals surface area contributed by atoms with Gasteiger partial charge in [0, 0.05) is 34.8 Å². The number of H-pyrrole nitrogens is 1. The molecule has 4 rings (SSSR count). The van der Waals surface area contributed by atoms with Crippen LogP contribution >= 0.6 is 11.6 Å². The minimum Gasteiger partial charge on any atom is -0.326 e. The molecule has 1 N–H and O–H groups in total. The van der Waals surface area contributed by atoms with Crippen LogP contribution in [0.5, 0.6) is 0 Å². The van der Waals surface area contributed by atoms with Gasteiger partial charge in [0.2, 0.25) is 0 Å². The second-order valence-electron chi connectivity index (χ2n) is 7.33. The van der Waals surface area contributed by atoms with Crippen LogP contribution in [0.15, 0.2) is 48.5 Å². The minimum atomic E-state index is -0.436. The lowest BCUT2D eigenvalue weighted by Gasteiger charge is -2.26. The lowest BCUT2D eigenvalue weighted by atomic mass is 9.95. The van der Waals surface area contributed by atoms with E-state index >= 15 is 0 Å². The standard InChI is InChI=1S/C22H21ClN4O3/c1-2-3-4-12-26-21(15-6-5-7-17(13-15)27(29)30)18-19(24-25-20(18)22(26)28)14-8-10-16(23)11-9-14/h5-11,13,21H,2-4,12H2,1H3,(H,24,25). The number of benzene rings is 2. The Hall–Kier alpha value is -3.19. The van der Waals surface area contributed by atoms with E-state index in [-0.39, 0.29) is 11.6 Å². The van der Waals surface area contributed by atoms with Crippen LogP contribution < -0.4 is 0 Å². The van der Waals surface area contributed by atoms with Gasteiger partial charge in [0.1, 0.15) is 5.69 Å². The zero-order valence-corrected chi connectivity index (χ0v) is 17.2. The number of hydrogen-bond acceptors (Lipinski definition) is 4. The van der Waals surface area contributed by atoms with Crippen molar-refractivity contribution >= 4 is 23.2 Å². The molecular formula is C22H21ClN4O3. The average Bonchev–Trinajstić information content (AvgIpc) is 3.28. The van der Waals surface area contributed by atoms with Crippen molar-refractivity contribution < 1.29 is 9.72 Å². The van der Waals surface area contributed by atoms with Crippen molar-refractivity contribution in [1.29, 1.82) is 0 Å². The van der Waals surface area contributed by atoms with Crippen molar-refractivity contribution in [3.8, 4) is 11.3 Å². The van der Waals surface area contributed by atoms with E-state index in [0.717, 1.165) is 30.4 Å². The van der Waals surface area contributed by atoms with E-state index in [0.29, 0.717) is 28.5 Å². The van der Waals surface area contributed by atoms with Gasteiger partial charge in [-0.1, -0.05) is 55.6 Å². The van der Waals surface area contributed by atoms with Crippen molar-refractivity contribution in [3.63, 3.8) is 0 Å². The number of rotatable bonds is 7. The van der Waals surface area contributed by atoms with E-state index in [2.05, 4.69) is 17.1 Å². The molecule has 154 valence electrons. The molecule has 30 heavy (non-hydrogen) atoms. The van der Waals surface area contributed by atoms with E-state index in [1.165, 1.54) is 6.07 Å². The number of amides is 1. The monoisotopic (exact) mass is 424 g/mol. The number of aromatic amines is 1. The number of aromatic nitrogens is 2. The van der Waals surface area contributed by atoms with Gasteiger partial charge in [-0.3, -0.25) is 20.0 Å². The Kier molecular flexibility index (Phi) is 5.55. The van der Waals surface area contributed by atoms with Gasteiger partial charge >= 0.3 is 0 Å².